The highest BCUT2D eigenvalue weighted by molar-refractivity contribution is 5.68. The molecule has 5 heteroatoms. The van der Waals surface area contributed by atoms with Gasteiger partial charge in [0.1, 0.15) is 6.26 Å². The Labute approximate surface area is 95.4 Å². The molecule has 1 heterocycles. The SMILES string of the molecule is FC(F)(F)c1ccccc1C=Cc1ncco1. The van der Waals surface area contributed by atoms with E-state index in [1.165, 1.54) is 36.7 Å². The second-order valence-electron chi connectivity index (χ2n) is 3.29. The first-order valence-corrected chi connectivity index (χ1v) is 4.81. The normalized spacial score (nSPS) is 12.2. The molecule has 0 N–H and O–H groups in total. The molecule has 0 radical (unpaired) electrons. The molecule has 0 aliphatic heterocycles. The first kappa shape index (κ1) is 11.4. The number of oxazole rings is 1. The third-order valence-electron chi connectivity index (χ3n) is 2.12. The molecular weight excluding hydrogens is 231 g/mol. The van der Waals surface area contributed by atoms with Crippen molar-refractivity contribution in [2.45, 2.75) is 6.18 Å². The molecule has 0 unspecified atom stereocenters. The zero-order valence-electron chi connectivity index (χ0n) is 8.61. The third-order valence-corrected chi connectivity index (χ3v) is 2.12. The van der Waals surface area contributed by atoms with E-state index in [1.54, 1.807) is 6.07 Å². The van der Waals surface area contributed by atoms with E-state index in [-0.39, 0.29) is 11.5 Å². The molecule has 2 rings (SSSR count). The summed E-state index contributed by atoms with van der Waals surface area (Å²) in [6.07, 6.45) is 1.14. The summed E-state index contributed by atoms with van der Waals surface area (Å²) in [5, 5.41) is 0. The van der Waals surface area contributed by atoms with Crippen LogP contribution in [0, 0.1) is 0 Å². The maximum atomic E-state index is 12.6. The van der Waals surface area contributed by atoms with Crippen molar-refractivity contribution in [3.63, 3.8) is 0 Å². The number of rotatable bonds is 2. The zero-order chi connectivity index (χ0) is 12.3. The summed E-state index contributed by atoms with van der Waals surface area (Å²) in [5.74, 6) is 0.266. The molecule has 0 aliphatic carbocycles. The molecule has 0 bridgehead atoms. The molecule has 0 aliphatic rings. The maximum absolute atomic E-state index is 12.6. The summed E-state index contributed by atoms with van der Waals surface area (Å²) in [7, 11) is 0. The van der Waals surface area contributed by atoms with Gasteiger partial charge in [-0.25, -0.2) is 4.98 Å². The fourth-order valence-corrected chi connectivity index (χ4v) is 1.38. The van der Waals surface area contributed by atoms with Gasteiger partial charge in [-0.15, -0.1) is 0 Å². The second-order valence-corrected chi connectivity index (χ2v) is 3.29. The third kappa shape index (κ3) is 2.75. The predicted molar refractivity (Wildman–Crippen MR) is 56.9 cm³/mol. The maximum Gasteiger partial charge on any atom is 0.416 e. The lowest BCUT2D eigenvalue weighted by atomic mass is 10.1. The standard InChI is InChI=1S/C12H8F3NO/c13-12(14,15)10-4-2-1-3-9(10)5-6-11-16-7-8-17-11/h1-8H. The van der Waals surface area contributed by atoms with Crippen LogP contribution in [-0.4, -0.2) is 4.98 Å². The average Bonchev–Trinajstić information content (AvgIpc) is 2.78. The van der Waals surface area contributed by atoms with Crippen molar-refractivity contribution in [2.75, 3.05) is 0 Å². The van der Waals surface area contributed by atoms with Gasteiger partial charge in [0.2, 0.25) is 5.89 Å². The lowest BCUT2D eigenvalue weighted by Gasteiger charge is -2.09. The summed E-state index contributed by atoms with van der Waals surface area (Å²) in [5.41, 5.74) is -0.596. The van der Waals surface area contributed by atoms with Gasteiger partial charge in [0, 0.05) is 6.08 Å². The topological polar surface area (TPSA) is 26.0 Å². The molecular formula is C12H8F3NO. The van der Waals surface area contributed by atoms with Gasteiger partial charge < -0.3 is 4.42 Å². The zero-order valence-corrected chi connectivity index (χ0v) is 8.61. The number of benzene rings is 1. The number of aromatic nitrogens is 1. The minimum Gasteiger partial charge on any atom is -0.445 e. The van der Waals surface area contributed by atoms with Crippen LogP contribution in [0.5, 0.6) is 0 Å². The van der Waals surface area contributed by atoms with Crippen LogP contribution < -0.4 is 0 Å². The van der Waals surface area contributed by atoms with Crippen LogP contribution in [0.1, 0.15) is 17.0 Å². The monoisotopic (exact) mass is 239 g/mol. The van der Waals surface area contributed by atoms with Crippen LogP contribution in [0.2, 0.25) is 0 Å². The number of hydrogen-bond donors (Lipinski definition) is 0. The van der Waals surface area contributed by atoms with Crippen LogP contribution in [0.4, 0.5) is 13.2 Å². The Morgan fingerprint density at radius 3 is 2.53 bits per heavy atom. The van der Waals surface area contributed by atoms with Crippen molar-refractivity contribution < 1.29 is 17.6 Å². The first-order valence-electron chi connectivity index (χ1n) is 4.81. The Bertz CT molecular complexity index is 515. The van der Waals surface area contributed by atoms with Gasteiger partial charge in [-0.05, 0) is 17.7 Å². The minimum absolute atomic E-state index is 0.0817. The van der Waals surface area contributed by atoms with Gasteiger partial charge in [0.15, 0.2) is 0 Å². The Morgan fingerprint density at radius 1 is 1.12 bits per heavy atom. The molecule has 2 nitrogen and oxygen atoms in total. The van der Waals surface area contributed by atoms with Crippen molar-refractivity contribution in [2.24, 2.45) is 0 Å². The van der Waals surface area contributed by atoms with Crippen LogP contribution in [0.25, 0.3) is 12.2 Å². The highest BCUT2D eigenvalue weighted by Crippen LogP contribution is 2.32. The number of alkyl halides is 3. The Kier molecular flexibility index (Phi) is 2.99. The minimum atomic E-state index is -4.36. The van der Waals surface area contributed by atoms with Crippen LogP contribution in [0.3, 0.4) is 0 Å². The van der Waals surface area contributed by atoms with E-state index in [4.69, 9.17) is 4.42 Å². The summed E-state index contributed by atoms with van der Waals surface area (Å²) in [4.78, 5) is 3.79. The van der Waals surface area contributed by atoms with Crippen molar-refractivity contribution in [1.29, 1.82) is 0 Å². The molecule has 1 aromatic carbocycles. The molecule has 0 atom stereocenters. The van der Waals surface area contributed by atoms with Crippen molar-refractivity contribution >= 4 is 12.2 Å². The lowest BCUT2D eigenvalue weighted by molar-refractivity contribution is -0.137. The molecule has 0 amide bonds. The highest BCUT2D eigenvalue weighted by atomic mass is 19.4. The molecule has 0 fully saturated rings. The van der Waals surface area contributed by atoms with Gasteiger partial charge in [-0.1, -0.05) is 18.2 Å². The lowest BCUT2D eigenvalue weighted by Crippen LogP contribution is -2.06. The van der Waals surface area contributed by atoms with Gasteiger partial charge in [0.05, 0.1) is 11.8 Å². The van der Waals surface area contributed by atoms with Crippen molar-refractivity contribution in [1.82, 2.24) is 4.98 Å². The smallest absolute Gasteiger partial charge is 0.416 e. The van der Waals surface area contributed by atoms with E-state index in [2.05, 4.69) is 4.98 Å². The second kappa shape index (κ2) is 4.45. The molecule has 17 heavy (non-hydrogen) atoms. The van der Waals surface area contributed by atoms with Crippen molar-refractivity contribution in [3.05, 3.63) is 53.7 Å². The molecule has 0 saturated heterocycles. The summed E-state index contributed by atoms with van der Waals surface area (Å²) >= 11 is 0. The van der Waals surface area contributed by atoms with Gasteiger partial charge in [-0.3, -0.25) is 0 Å². The van der Waals surface area contributed by atoms with E-state index in [1.807, 2.05) is 0 Å². The predicted octanol–water partition coefficient (Wildman–Crippen LogP) is 3.86. The molecule has 0 saturated carbocycles. The van der Waals surface area contributed by atoms with Gasteiger partial charge in [-0.2, -0.15) is 13.2 Å². The molecule has 0 spiro atoms. The summed E-state index contributed by atoms with van der Waals surface area (Å²) in [6, 6.07) is 5.33. The highest BCUT2D eigenvalue weighted by Gasteiger charge is 2.32. The summed E-state index contributed by atoms with van der Waals surface area (Å²) in [6.45, 7) is 0. The number of nitrogens with zero attached hydrogens (tertiary/aromatic N) is 1. The van der Waals surface area contributed by atoms with E-state index in [0.29, 0.717) is 0 Å². The summed E-state index contributed by atoms with van der Waals surface area (Å²) < 4.78 is 42.8. The van der Waals surface area contributed by atoms with Gasteiger partial charge in [0.25, 0.3) is 0 Å². The number of hydrogen-bond acceptors (Lipinski definition) is 2. The number of halogens is 3. The average molecular weight is 239 g/mol. The fraction of sp³-hybridized carbons (Fsp3) is 0.0833. The van der Waals surface area contributed by atoms with E-state index < -0.39 is 11.7 Å². The van der Waals surface area contributed by atoms with Gasteiger partial charge >= 0.3 is 6.18 Å². The van der Waals surface area contributed by atoms with E-state index in [0.717, 1.165) is 6.07 Å². The van der Waals surface area contributed by atoms with Crippen LogP contribution in [0.15, 0.2) is 41.1 Å². The van der Waals surface area contributed by atoms with E-state index in [9.17, 15) is 13.2 Å². The molecule has 1 aromatic heterocycles. The largest absolute Gasteiger partial charge is 0.445 e. The van der Waals surface area contributed by atoms with E-state index >= 15 is 0 Å². The first-order chi connectivity index (χ1) is 8.07. The fourth-order valence-electron chi connectivity index (χ4n) is 1.38. The Morgan fingerprint density at radius 2 is 1.88 bits per heavy atom. The quantitative estimate of drug-likeness (QED) is 0.795. The van der Waals surface area contributed by atoms with Crippen LogP contribution in [-0.2, 0) is 6.18 Å². The van der Waals surface area contributed by atoms with Crippen molar-refractivity contribution in [3.8, 4) is 0 Å². The molecule has 2 aromatic rings. The Hall–Kier alpha value is -2.04. The van der Waals surface area contributed by atoms with Crippen LogP contribution >= 0.6 is 0 Å². The Balaban J connectivity index is 2.33. The molecule has 88 valence electrons.